The number of hydrogen-bond donors (Lipinski definition) is 0. The van der Waals surface area contributed by atoms with E-state index in [2.05, 4.69) is 18.8 Å². The van der Waals surface area contributed by atoms with Crippen LogP contribution in [-0.2, 0) is 0 Å². The minimum absolute atomic E-state index is 0.0251. The highest BCUT2D eigenvalue weighted by Crippen LogP contribution is 2.37. The van der Waals surface area contributed by atoms with Gasteiger partial charge in [-0.1, -0.05) is 43.7 Å². The molecule has 0 aliphatic heterocycles. The van der Waals surface area contributed by atoms with Gasteiger partial charge in [0.1, 0.15) is 11.0 Å². The van der Waals surface area contributed by atoms with Crippen molar-refractivity contribution >= 4 is 11.8 Å². The number of nitrogens with zero attached hydrogens (tertiary/aromatic N) is 1. The maximum absolute atomic E-state index is 14.1. The Kier molecular flexibility index (Phi) is 7.45. The molecule has 2 aromatic carbocycles. The molecule has 0 heterocycles. The molecule has 1 aliphatic rings. The third-order valence-corrected chi connectivity index (χ3v) is 6.28. The van der Waals surface area contributed by atoms with Crippen LogP contribution in [0.3, 0.4) is 0 Å². The van der Waals surface area contributed by atoms with Gasteiger partial charge < -0.3 is 0 Å². The SMILES string of the molecule is CCCC1CCC(c2ccc(C#Cc3c(F)c(F)c(SC#N)c(F)c3F)cc2)CC1. The number of benzene rings is 2. The van der Waals surface area contributed by atoms with Gasteiger partial charge in [-0.25, -0.2) is 17.6 Å². The molecule has 30 heavy (non-hydrogen) atoms. The number of nitriles is 1. The van der Waals surface area contributed by atoms with Gasteiger partial charge >= 0.3 is 0 Å². The topological polar surface area (TPSA) is 23.8 Å². The summed E-state index contributed by atoms with van der Waals surface area (Å²) in [6, 6.07) is 7.41. The van der Waals surface area contributed by atoms with Crippen LogP contribution < -0.4 is 0 Å². The molecule has 1 aliphatic carbocycles. The molecule has 0 spiro atoms. The lowest BCUT2D eigenvalue weighted by atomic mass is 9.77. The molecule has 3 rings (SSSR count). The smallest absolute Gasteiger partial charge is 0.178 e. The average Bonchev–Trinajstić information content (AvgIpc) is 2.76. The largest absolute Gasteiger partial charge is 0.202 e. The molecule has 156 valence electrons. The fourth-order valence-corrected chi connectivity index (χ4v) is 4.47. The molecule has 1 nitrogen and oxygen atoms in total. The van der Waals surface area contributed by atoms with Crippen molar-refractivity contribution in [3.8, 4) is 17.2 Å². The van der Waals surface area contributed by atoms with E-state index in [1.54, 1.807) is 12.1 Å². The summed E-state index contributed by atoms with van der Waals surface area (Å²) in [4.78, 5) is -1.00. The zero-order valence-corrected chi connectivity index (χ0v) is 17.4. The fourth-order valence-electron chi connectivity index (χ4n) is 4.02. The van der Waals surface area contributed by atoms with Crippen molar-refractivity contribution in [2.24, 2.45) is 5.92 Å². The summed E-state index contributed by atoms with van der Waals surface area (Å²) in [6.07, 6.45) is 7.27. The highest BCUT2D eigenvalue weighted by Gasteiger charge is 2.25. The summed E-state index contributed by atoms with van der Waals surface area (Å²) in [5.41, 5.74) is 0.724. The standard InChI is InChI=1S/C24H21F4NS/c1-2-3-15-4-9-17(10-5-15)18-11-6-16(7-12-18)8-13-19-20(25)22(27)24(30-14-29)23(28)21(19)26/h6-7,11-12,15,17H,2-5,9-10H2,1H3. The Morgan fingerprint density at radius 3 is 2.03 bits per heavy atom. The molecule has 6 heteroatoms. The van der Waals surface area contributed by atoms with Gasteiger partial charge in [-0.05, 0) is 67.0 Å². The van der Waals surface area contributed by atoms with Crippen LogP contribution in [0.1, 0.15) is 68.1 Å². The van der Waals surface area contributed by atoms with Crippen LogP contribution in [0.4, 0.5) is 17.6 Å². The summed E-state index contributed by atoms with van der Waals surface area (Å²) >= 11 is 0.0251. The summed E-state index contributed by atoms with van der Waals surface area (Å²) in [7, 11) is 0. The lowest BCUT2D eigenvalue weighted by Gasteiger charge is -2.28. The highest BCUT2D eigenvalue weighted by molar-refractivity contribution is 8.03. The molecule has 1 fully saturated rings. The van der Waals surface area contributed by atoms with Gasteiger partial charge in [-0.15, -0.1) is 0 Å². The monoisotopic (exact) mass is 431 g/mol. The van der Waals surface area contributed by atoms with Crippen molar-refractivity contribution in [2.75, 3.05) is 0 Å². The normalized spacial score (nSPS) is 18.4. The maximum atomic E-state index is 14.1. The summed E-state index contributed by atoms with van der Waals surface area (Å²) in [5, 5.41) is 9.94. The number of hydrogen-bond acceptors (Lipinski definition) is 2. The molecule has 2 aromatic rings. The second-order valence-corrected chi connectivity index (χ2v) is 8.33. The first-order chi connectivity index (χ1) is 14.5. The predicted molar refractivity (Wildman–Crippen MR) is 110 cm³/mol. The zero-order valence-electron chi connectivity index (χ0n) is 16.6. The second-order valence-electron chi connectivity index (χ2n) is 7.53. The average molecular weight is 431 g/mol. The molecule has 1 saturated carbocycles. The minimum atomic E-state index is -1.61. The minimum Gasteiger partial charge on any atom is -0.202 e. The van der Waals surface area contributed by atoms with Gasteiger partial charge in [0.25, 0.3) is 0 Å². The molecular weight excluding hydrogens is 410 g/mol. The summed E-state index contributed by atoms with van der Waals surface area (Å²) in [5.74, 6) is -0.335. The van der Waals surface area contributed by atoms with E-state index < -0.39 is 33.7 Å². The summed E-state index contributed by atoms with van der Waals surface area (Å²) in [6.45, 7) is 2.21. The molecule has 0 atom stereocenters. The number of halogens is 4. The Morgan fingerprint density at radius 2 is 1.50 bits per heavy atom. The Labute approximate surface area is 178 Å². The Hall–Kier alpha value is -2.44. The second kappa shape index (κ2) is 10.0. The molecule has 0 bridgehead atoms. The van der Waals surface area contributed by atoms with Crippen LogP contribution in [0, 0.1) is 51.7 Å². The Morgan fingerprint density at radius 1 is 0.900 bits per heavy atom. The summed E-state index contributed by atoms with van der Waals surface area (Å²) < 4.78 is 56.1. The highest BCUT2D eigenvalue weighted by atomic mass is 32.2. The van der Waals surface area contributed by atoms with Crippen LogP contribution in [0.2, 0.25) is 0 Å². The van der Waals surface area contributed by atoms with E-state index >= 15 is 0 Å². The van der Waals surface area contributed by atoms with Gasteiger partial charge in [0.2, 0.25) is 0 Å². The van der Waals surface area contributed by atoms with E-state index in [1.807, 2.05) is 12.1 Å². The lowest BCUT2D eigenvalue weighted by molar-refractivity contribution is 0.308. The van der Waals surface area contributed by atoms with Crippen LogP contribution in [-0.4, -0.2) is 0 Å². The third-order valence-electron chi connectivity index (χ3n) is 5.63. The first-order valence-corrected chi connectivity index (χ1v) is 10.8. The van der Waals surface area contributed by atoms with Gasteiger partial charge in [-0.3, -0.25) is 0 Å². The first-order valence-electron chi connectivity index (χ1n) is 10.00. The quantitative estimate of drug-likeness (QED) is 0.167. The lowest BCUT2D eigenvalue weighted by Crippen LogP contribution is -2.13. The van der Waals surface area contributed by atoms with Gasteiger partial charge in [0.05, 0.1) is 4.90 Å². The number of thioether (sulfide) groups is 1. The van der Waals surface area contributed by atoms with Crippen LogP contribution >= 0.6 is 11.8 Å². The van der Waals surface area contributed by atoms with E-state index in [9.17, 15) is 17.6 Å². The van der Waals surface area contributed by atoms with E-state index in [0.717, 1.165) is 18.8 Å². The van der Waals surface area contributed by atoms with Crippen LogP contribution in [0.5, 0.6) is 0 Å². The third kappa shape index (κ3) is 4.82. The van der Waals surface area contributed by atoms with Crippen molar-refractivity contribution in [3.05, 3.63) is 64.2 Å². The van der Waals surface area contributed by atoms with Gasteiger partial charge in [0.15, 0.2) is 23.3 Å². The van der Waals surface area contributed by atoms with Gasteiger partial charge in [-0.2, -0.15) is 5.26 Å². The van der Waals surface area contributed by atoms with Crippen molar-refractivity contribution < 1.29 is 17.6 Å². The van der Waals surface area contributed by atoms with Crippen LogP contribution in [0.15, 0.2) is 29.2 Å². The predicted octanol–water partition coefficient (Wildman–Crippen LogP) is 7.29. The molecule has 0 amide bonds. The molecule has 0 unspecified atom stereocenters. The molecular formula is C24H21F4NS. The number of rotatable bonds is 4. The molecule has 0 aromatic heterocycles. The molecule has 0 N–H and O–H groups in total. The van der Waals surface area contributed by atoms with Crippen molar-refractivity contribution in [2.45, 2.75) is 56.3 Å². The van der Waals surface area contributed by atoms with Crippen LogP contribution in [0.25, 0.3) is 0 Å². The van der Waals surface area contributed by atoms with E-state index in [0.29, 0.717) is 11.5 Å². The Bertz CT molecular complexity index is 978. The van der Waals surface area contributed by atoms with Crippen molar-refractivity contribution in [3.63, 3.8) is 0 Å². The zero-order chi connectivity index (χ0) is 21.7. The fraction of sp³-hybridized carbons (Fsp3) is 0.375. The first kappa shape index (κ1) is 22.2. The maximum Gasteiger partial charge on any atom is 0.178 e. The van der Waals surface area contributed by atoms with Crippen molar-refractivity contribution in [1.82, 2.24) is 0 Å². The molecule has 0 radical (unpaired) electrons. The van der Waals surface area contributed by atoms with Gasteiger partial charge in [0, 0.05) is 5.56 Å². The van der Waals surface area contributed by atoms with E-state index in [-0.39, 0.29) is 11.8 Å². The Balaban J connectivity index is 1.77. The molecule has 0 saturated heterocycles. The van der Waals surface area contributed by atoms with E-state index in [1.165, 1.54) is 36.6 Å². The van der Waals surface area contributed by atoms with E-state index in [4.69, 9.17) is 5.26 Å². The van der Waals surface area contributed by atoms with Crippen molar-refractivity contribution in [1.29, 1.82) is 5.26 Å². The number of thiocyanates is 1.